The summed E-state index contributed by atoms with van der Waals surface area (Å²) in [6, 6.07) is 6.04. The van der Waals surface area contributed by atoms with Crippen LogP contribution < -0.4 is 10.6 Å². The molecule has 0 atom stereocenters. The molecule has 2 rings (SSSR count). The van der Waals surface area contributed by atoms with Crippen molar-refractivity contribution in [1.29, 1.82) is 15.8 Å². The Bertz CT molecular complexity index is 665. The van der Waals surface area contributed by atoms with Crippen molar-refractivity contribution in [2.75, 3.05) is 23.7 Å². The number of rotatable bonds is 2. The molecule has 0 amide bonds. The number of aromatic nitrogens is 1. The summed E-state index contributed by atoms with van der Waals surface area (Å²) in [5.41, 5.74) is 6.68. The van der Waals surface area contributed by atoms with Gasteiger partial charge in [0.05, 0.1) is 18.1 Å². The van der Waals surface area contributed by atoms with Crippen LogP contribution in [0.25, 0.3) is 0 Å². The van der Waals surface area contributed by atoms with Gasteiger partial charge in [-0.05, 0) is 18.8 Å². The first kappa shape index (κ1) is 14.6. The minimum atomic E-state index is -0.0181. The highest BCUT2D eigenvalue weighted by atomic mass is 15.2. The number of hydrogen-bond donors (Lipinski definition) is 1. The molecule has 6 heteroatoms. The molecule has 1 aliphatic rings. The molecule has 6 nitrogen and oxygen atoms in total. The normalized spacial score (nSPS) is 15.0. The Kier molecular flexibility index (Phi) is 4.26. The summed E-state index contributed by atoms with van der Waals surface area (Å²) in [7, 11) is 0. The highest BCUT2D eigenvalue weighted by molar-refractivity contribution is 5.68. The molecule has 0 spiro atoms. The van der Waals surface area contributed by atoms with Gasteiger partial charge in [-0.25, -0.2) is 4.98 Å². The predicted molar refractivity (Wildman–Crippen MR) is 78.0 cm³/mol. The van der Waals surface area contributed by atoms with Gasteiger partial charge in [-0.2, -0.15) is 15.8 Å². The van der Waals surface area contributed by atoms with Gasteiger partial charge in [-0.15, -0.1) is 0 Å². The third-order valence-electron chi connectivity index (χ3n) is 3.87. The van der Waals surface area contributed by atoms with Gasteiger partial charge in [0.25, 0.3) is 0 Å². The zero-order valence-corrected chi connectivity index (χ0v) is 11.9. The molecule has 1 aliphatic heterocycles. The van der Waals surface area contributed by atoms with Crippen LogP contribution in [0.4, 0.5) is 11.6 Å². The molecule has 1 saturated heterocycles. The number of pyridine rings is 1. The van der Waals surface area contributed by atoms with Gasteiger partial charge in [-0.3, -0.25) is 0 Å². The third kappa shape index (κ3) is 2.73. The van der Waals surface area contributed by atoms with Crippen LogP contribution in [0.3, 0.4) is 0 Å². The van der Waals surface area contributed by atoms with Crippen molar-refractivity contribution in [3.8, 4) is 18.2 Å². The second kappa shape index (κ2) is 6.11. The van der Waals surface area contributed by atoms with E-state index in [9.17, 15) is 10.5 Å². The SMILES string of the molecule is CC1CCN(c2nc(N)c(C#N)c(CC#N)c2C#N)CC1. The number of hydrogen-bond acceptors (Lipinski definition) is 6. The van der Waals surface area contributed by atoms with Crippen LogP contribution in [-0.2, 0) is 6.42 Å². The van der Waals surface area contributed by atoms with Crippen molar-refractivity contribution in [3.05, 3.63) is 16.7 Å². The van der Waals surface area contributed by atoms with E-state index in [1.165, 1.54) is 0 Å². The van der Waals surface area contributed by atoms with Gasteiger partial charge in [0, 0.05) is 18.7 Å². The predicted octanol–water partition coefficient (Wildman–Crippen LogP) is 1.71. The van der Waals surface area contributed by atoms with Gasteiger partial charge in [0.15, 0.2) is 0 Å². The van der Waals surface area contributed by atoms with Crippen molar-refractivity contribution in [2.24, 2.45) is 5.92 Å². The fourth-order valence-corrected chi connectivity index (χ4v) is 2.59. The lowest BCUT2D eigenvalue weighted by Crippen LogP contribution is -2.34. The lowest BCUT2D eigenvalue weighted by atomic mass is 9.97. The second-order valence-corrected chi connectivity index (χ2v) is 5.28. The summed E-state index contributed by atoms with van der Waals surface area (Å²) in [6.07, 6.45) is 2.04. The lowest BCUT2D eigenvalue weighted by Gasteiger charge is -2.32. The molecule has 0 aliphatic carbocycles. The molecule has 106 valence electrons. The zero-order valence-electron chi connectivity index (χ0n) is 11.9. The number of piperidine rings is 1. The Morgan fingerprint density at radius 3 is 2.33 bits per heavy atom. The molecular formula is C15H16N6. The van der Waals surface area contributed by atoms with Crippen molar-refractivity contribution in [3.63, 3.8) is 0 Å². The highest BCUT2D eigenvalue weighted by Crippen LogP contribution is 2.30. The van der Waals surface area contributed by atoms with E-state index in [1.807, 2.05) is 17.0 Å². The third-order valence-corrected chi connectivity index (χ3v) is 3.87. The van der Waals surface area contributed by atoms with E-state index in [-0.39, 0.29) is 17.8 Å². The van der Waals surface area contributed by atoms with Crippen molar-refractivity contribution >= 4 is 11.6 Å². The van der Waals surface area contributed by atoms with E-state index in [2.05, 4.69) is 18.0 Å². The Morgan fingerprint density at radius 1 is 1.19 bits per heavy atom. The quantitative estimate of drug-likeness (QED) is 0.882. The van der Waals surface area contributed by atoms with Crippen LogP contribution in [0, 0.1) is 39.9 Å². The molecule has 0 radical (unpaired) electrons. The molecule has 2 heterocycles. The van der Waals surface area contributed by atoms with Gasteiger partial charge in [0.2, 0.25) is 0 Å². The van der Waals surface area contributed by atoms with Crippen LogP contribution in [0.2, 0.25) is 0 Å². The Morgan fingerprint density at radius 2 is 1.81 bits per heavy atom. The molecule has 21 heavy (non-hydrogen) atoms. The first-order valence-electron chi connectivity index (χ1n) is 6.86. The average molecular weight is 280 g/mol. The molecule has 0 saturated carbocycles. The number of nitrogens with zero attached hydrogens (tertiary/aromatic N) is 5. The van der Waals surface area contributed by atoms with Crippen LogP contribution in [0.5, 0.6) is 0 Å². The maximum atomic E-state index is 9.44. The van der Waals surface area contributed by atoms with E-state index in [4.69, 9.17) is 11.0 Å². The standard InChI is InChI=1S/C15H16N6/c1-10-3-6-21(7-4-10)15-13(9-18)11(2-5-16)12(8-17)14(19)20-15/h10H,2-4,6-7H2,1H3,(H2,19,20). The minimum Gasteiger partial charge on any atom is -0.383 e. The molecule has 1 fully saturated rings. The highest BCUT2D eigenvalue weighted by Gasteiger charge is 2.24. The molecule has 2 N–H and O–H groups in total. The monoisotopic (exact) mass is 280 g/mol. The topological polar surface area (TPSA) is 114 Å². The van der Waals surface area contributed by atoms with E-state index in [0.29, 0.717) is 22.9 Å². The van der Waals surface area contributed by atoms with Crippen LogP contribution >= 0.6 is 0 Å². The molecule has 1 aromatic heterocycles. The summed E-state index contributed by atoms with van der Waals surface area (Å²) in [4.78, 5) is 6.28. The summed E-state index contributed by atoms with van der Waals surface area (Å²) < 4.78 is 0. The summed E-state index contributed by atoms with van der Waals surface area (Å²) in [6.45, 7) is 3.81. The number of anilines is 2. The van der Waals surface area contributed by atoms with Gasteiger partial charge >= 0.3 is 0 Å². The maximum absolute atomic E-state index is 9.44. The second-order valence-electron chi connectivity index (χ2n) is 5.28. The van der Waals surface area contributed by atoms with Gasteiger partial charge in [-0.1, -0.05) is 6.92 Å². The molecule has 1 aromatic rings. The van der Waals surface area contributed by atoms with Crippen LogP contribution in [0.1, 0.15) is 36.5 Å². The van der Waals surface area contributed by atoms with Crippen molar-refractivity contribution in [2.45, 2.75) is 26.2 Å². The molecule has 0 aromatic carbocycles. The molecular weight excluding hydrogens is 264 g/mol. The maximum Gasteiger partial charge on any atom is 0.149 e. The number of nitrogen functional groups attached to an aromatic ring is 1. The first-order valence-corrected chi connectivity index (χ1v) is 6.86. The Balaban J connectivity index is 2.55. The van der Waals surface area contributed by atoms with Crippen LogP contribution in [-0.4, -0.2) is 18.1 Å². The number of nitriles is 3. The average Bonchev–Trinajstić information content (AvgIpc) is 2.48. The smallest absolute Gasteiger partial charge is 0.149 e. The van der Waals surface area contributed by atoms with Crippen molar-refractivity contribution < 1.29 is 0 Å². The van der Waals surface area contributed by atoms with Crippen LogP contribution in [0.15, 0.2) is 0 Å². The molecule has 0 unspecified atom stereocenters. The van der Waals surface area contributed by atoms with E-state index < -0.39 is 0 Å². The zero-order chi connectivity index (χ0) is 15.4. The summed E-state index contributed by atoms with van der Waals surface area (Å²) in [5, 5.41) is 27.6. The van der Waals surface area contributed by atoms with Gasteiger partial charge in [0.1, 0.15) is 29.3 Å². The Hall–Kier alpha value is -2.78. The lowest BCUT2D eigenvalue weighted by molar-refractivity contribution is 0.436. The fourth-order valence-electron chi connectivity index (χ4n) is 2.59. The van der Waals surface area contributed by atoms with E-state index in [1.54, 1.807) is 0 Å². The Labute approximate surface area is 124 Å². The van der Waals surface area contributed by atoms with E-state index >= 15 is 0 Å². The first-order chi connectivity index (χ1) is 10.1. The summed E-state index contributed by atoms with van der Waals surface area (Å²) >= 11 is 0. The fraction of sp³-hybridized carbons (Fsp3) is 0.467. The van der Waals surface area contributed by atoms with Crippen molar-refractivity contribution in [1.82, 2.24) is 4.98 Å². The largest absolute Gasteiger partial charge is 0.383 e. The van der Waals surface area contributed by atoms with Gasteiger partial charge < -0.3 is 10.6 Å². The summed E-state index contributed by atoms with van der Waals surface area (Å²) in [5.74, 6) is 1.25. The molecule has 0 bridgehead atoms. The van der Waals surface area contributed by atoms with E-state index in [0.717, 1.165) is 25.9 Å². The minimum absolute atomic E-state index is 0.0181. The number of nitrogens with two attached hydrogens (primary N) is 1.